The van der Waals surface area contributed by atoms with Gasteiger partial charge in [-0.05, 0) is 46.3 Å². The summed E-state index contributed by atoms with van der Waals surface area (Å²) in [5.41, 5.74) is 0. The van der Waals surface area contributed by atoms with Crippen LogP contribution in [0.3, 0.4) is 0 Å². The highest BCUT2D eigenvalue weighted by Gasteiger charge is 2.42. The van der Waals surface area contributed by atoms with E-state index in [0.29, 0.717) is 0 Å². The van der Waals surface area contributed by atoms with E-state index >= 15 is 0 Å². The summed E-state index contributed by atoms with van der Waals surface area (Å²) in [4.78, 5) is 0. The molecule has 19 heavy (non-hydrogen) atoms. The van der Waals surface area contributed by atoms with Crippen LogP contribution < -0.4 is 0 Å². The van der Waals surface area contributed by atoms with Gasteiger partial charge in [-0.25, -0.2) is 9.34 Å². The fourth-order valence-corrected chi connectivity index (χ4v) is 8.05. The van der Waals surface area contributed by atoms with Crippen LogP contribution in [0, 0.1) is 0 Å². The van der Waals surface area contributed by atoms with Crippen LogP contribution in [0.1, 0.15) is 20.8 Å². The van der Waals surface area contributed by atoms with Crippen LogP contribution in [0.2, 0.25) is 18.1 Å². The molecule has 0 aromatic heterocycles. The van der Waals surface area contributed by atoms with Gasteiger partial charge in [-0.3, -0.25) is 4.57 Å². The quantitative estimate of drug-likeness (QED) is 0.368. The molecule has 114 valence electrons. The molecule has 0 rings (SSSR count). The van der Waals surface area contributed by atoms with Crippen molar-refractivity contribution in [1.82, 2.24) is 9.34 Å². The summed E-state index contributed by atoms with van der Waals surface area (Å²) in [6.07, 6.45) is 1.71. The van der Waals surface area contributed by atoms with Gasteiger partial charge in [-0.15, -0.1) is 0 Å². The molecular weight excluding hydrogens is 275 g/mol. The summed E-state index contributed by atoms with van der Waals surface area (Å²) in [5.74, 6) is -0.413. The first-order valence-corrected chi connectivity index (χ1v) is 11.2. The Balaban J connectivity index is 5.42. The van der Waals surface area contributed by atoms with E-state index in [2.05, 4.69) is 27.4 Å². The average molecular weight is 306 g/mol. The minimum atomic E-state index is -2.75. The molecular formula is C13H31N2O2PSi. The lowest BCUT2D eigenvalue weighted by Crippen LogP contribution is -2.42. The first-order valence-electron chi connectivity index (χ1n) is 6.99. The minimum absolute atomic E-state index is 0.413. The second-order valence-corrected chi connectivity index (χ2v) is 13.3. The monoisotopic (exact) mass is 306 g/mol. The highest BCUT2D eigenvalue weighted by Crippen LogP contribution is 2.56. The third kappa shape index (κ3) is 4.02. The fraction of sp³-hybridized carbons (Fsp3) is 0.846. The van der Waals surface area contributed by atoms with E-state index in [1.165, 1.54) is 0 Å². The third-order valence-electron chi connectivity index (χ3n) is 3.98. The molecule has 0 aliphatic heterocycles. The van der Waals surface area contributed by atoms with Crippen molar-refractivity contribution in [3.8, 4) is 0 Å². The van der Waals surface area contributed by atoms with E-state index in [-0.39, 0.29) is 0 Å². The van der Waals surface area contributed by atoms with Crippen molar-refractivity contribution < 1.29 is 8.99 Å². The van der Waals surface area contributed by atoms with E-state index in [4.69, 9.17) is 4.43 Å². The number of rotatable bonds is 9. The number of hydrogen-bond acceptors (Lipinski definition) is 2. The van der Waals surface area contributed by atoms with Crippen molar-refractivity contribution in [2.45, 2.75) is 44.7 Å². The second-order valence-electron chi connectivity index (χ2n) is 5.27. The average Bonchev–Trinajstić information content (AvgIpc) is 2.39. The number of nitrogens with zero attached hydrogens (tertiary/aromatic N) is 2. The summed E-state index contributed by atoms with van der Waals surface area (Å²) in [6, 6.07) is 3.14. The lowest BCUT2D eigenvalue weighted by Gasteiger charge is -2.40. The molecule has 0 aliphatic carbocycles. The van der Waals surface area contributed by atoms with Gasteiger partial charge in [-0.1, -0.05) is 33.4 Å². The lowest BCUT2D eigenvalue weighted by molar-refractivity contribution is 0.272. The molecule has 0 N–H and O–H groups in total. The molecule has 0 aliphatic rings. The summed E-state index contributed by atoms with van der Waals surface area (Å²) >= 11 is 0. The molecule has 0 bridgehead atoms. The molecule has 0 radical (unpaired) electrons. The van der Waals surface area contributed by atoms with Crippen LogP contribution in [0.4, 0.5) is 0 Å². The standard InChI is InChI=1S/C13H31N2O2PSi/c1-9-13(17-19(10-2,11-3)12-4)18(16,14(5)6)15(7)8/h9,13H,1,10-12H2,2-8H3. The Morgan fingerprint density at radius 2 is 1.47 bits per heavy atom. The van der Waals surface area contributed by atoms with Gasteiger partial charge in [0.25, 0.3) is 0 Å². The maximum absolute atomic E-state index is 13.2. The minimum Gasteiger partial charge on any atom is -0.402 e. The lowest BCUT2D eigenvalue weighted by atomic mass is 10.7. The SMILES string of the molecule is C=CC(O[Si](CC)(CC)CC)P(=O)(N(C)C)N(C)C. The van der Waals surface area contributed by atoms with Gasteiger partial charge < -0.3 is 4.43 Å². The van der Waals surface area contributed by atoms with Crippen molar-refractivity contribution in [2.75, 3.05) is 28.2 Å². The zero-order valence-corrected chi connectivity index (χ0v) is 15.5. The summed E-state index contributed by atoms with van der Waals surface area (Å²) < 4.78 is 23.2. The van der Waals surface area contributed by atoms with Gasteiger partial charge in [0.2, 0.25) is 7.44 Å². The molecule has 0 saturated heterocycles. The summed E-state index contributed by atoms with van der Waals surface area (Å²) in [7, 11) is 2.82. The maximum atomic E-state index is 13.2. The van der Waals surface area contributed by atoms with Crippen LogP contribution in [-0.2, 0) is 8.99 Å². The topological polar surface area (TPSA) is 32.8 Å². The van der Waals surface area contributed by atoms with Crippen LogP contribution in [-0.4, -0.2) is 51.7 Å². The third-order valence-corrected chi connectivity index (χ3v) is 12.1. The molecule has 0 aromatic rings. The second kappa shape index (κ2) is 7.74. The van der Waals surface area contributed by atoms with Crippen LogP contribution >= 0.6 is 7.44 Å². The molecule has 0 spiro atoms. The van der Waals surface area contributed by atoms with Crippen molar-refractivity contribution in [2.24, 2.45) is 0 Å². The van der Waals surface area contributed by atoms with Gasteiger partial charge in [0.15, 0.2) is 8.32 Å². The van der Waals surface area contributed by atoms with E-state index < -0.39 is 21.6 Å². The first kappa shape index (κ1) is 19.1. The van der Waals surface area contributed by atoms with Gasteiger partial charge in [0.1, 0.15) is 5.85 Å². The Morgan fingerprint density at radius 1 is 1.11 bits per heavy atom. The Labute approximate surface area is 120 Å². The Bertz CT molecular complexity index is 310. The summed E-state index contributed by atoms with van der Waals surface area (Å²) in [5, 5.41) is 0. The van der Waals surface area contributed by atoms with Gasteiger partial charge in [0, 0.05) is 0 Å². The normalized spacial score (nSPS) is 15.0. The molecule has 1 unspecified atom stereocenters. The predicted molar refractivity (Wildman–Crippen MR) is 87.2 cm³/mol. The van der Waals surface area contributed by atoms with E-state index in [1.807, 2.05) is 28.2 Å². The van der Waals surface area contributed by atoms with Crippen LogP contribution in [0.25, 0.3) is 0 Å². The summed E-state index contributed by atoms with van der Waals surface area (Å²) in [6.45, 7) is 10.4. The smallest absolute Gasteiger partial charge is 0.246 e. The van der Waals surface area contributed by atoms with E-state index in [1.54, 1.807) is 15.4 Å². The Hall–Kier alpha value is 0.0669. The van der Waals surface area contributed by atoms with Gasteiger partial charge in [0.05, 0.1) is 0 Å². The molecule has 6 heteroatoms. The van der Waals surface area contributed by atoms with Crippen LogP contribution in [0.5, 0.6) is 0 Å². The largest absolute Gasteiger partial charge is 0.402 e. The Kier molecular flexibility index (Phi) is 7.77. The molecule has 4 nitrogen and oxygen atoms in total. The molecule has 0 heterocycles. The number of hydrogen-bond donors (Lipinski definition) is 0. The van der Waals surface area contributed by atoms with E-state index in [9.17, 15) is 4.57 Å². The Morgan fingerprint density at radius 3 is 1.68 bits per heavy atom. The van der Waals surface area contributed by atoms with Crippen molar-refractivity contribution in [3.63, 3.8) is 0 Å². The van der Waals surface area contributed by atoms with Gasteiger partial charge >= 0.3 is 0 Å². The van der Waals surface area contributed by atoms with E-state index in [0.717, 1.165) is 18.1 Å². The van der Waals surface area contributed by atoms with Crippen molar-refractivity contribution >= 4 is 15.8 Å². The molecule has 0 fully saturated rings. The van der Waals surface area contributed by atoms with Crippen LogP contribution in [0.15, 0.2) is 12.7 Å². The maximum Gasteiger partial charge on any atom is 0.246 e. The zero-order valence-electron chi connectivity index (χ0n) is 13.6. The first-order chi connectivity index (χ1) is 8.73. The van der Waals surface area contributed by atoms with Crippen molar-refractivity contribution in [1.29, 1.82) is 0 Å². The fourth-order valence-electron chi connectivity index (χ4n) is 2.32. The highest BCUT2D eigenvalue weighted by molar-refractivity contribution is 7.59. The van der Waals surface area contributed by atoms with Crippen molar-refractivity contribution in [3.05, 3.63) is 12.7 Å². The molecule has 0 amide bonds. The molecule has 0 saturated carbocycles. The molecule has 0 aromatic carbocycles. The zero-order chi connectivity index (χ0) is 15.3. The molecule has 1 atom stereocenters. The van der Waals surface area contributed by atoms with Gasteiger partial charge in [-0.2, -0.15) is 0 Å². The predicted octanol–water partition coefficient (Wildman–Crippen LogP) is 3.84. The highest BCUT2D eigenvalue weighted by atomic mass is 31.2.